The van der Waals surface area contributed by atoms with Crippen LogP contribution in [0.1, 0.15) is 44.9 Å². The highest BCUT2D eigenvalue weighted by molar-refractivity contribution is 7.99. The number of rotatable bonds is 3. The molecule has 1 saturated carbocycles. The second-order valence-electron chi connectivity index (χ2n) is 6.15. The Kier molecular flexibility index (Phi) is 4.41. The highest BCUT2D eigenvalue weighted by Gasteiger charge is 2.40. The molecule has 0 amide bonds. The van der Waals surface area contributed by atoms with Crippen molar-refractivity contribution in [3.05, 3.63) is 23.8 Å². The number of halogens is 2. The predicted octanol–water partition coefficient (Wildman–Crippen LogP) is 4.52. The van der Waals surface area contributed by atoms with Gasteiger partial charge in [0.05, 0.1) is 16.6 Å². The van der Waals surface area contributed by atoms with Crippen molar-refractivity contribution in [2.45, 2.75) is 61.5 Å². The van der Waals surface area contributed by atoms with E-state index in [1.807, 2.05) is 0 Å². The van der Waals surface area contributed by atoms with Gasteiger partial charge in [-0.1, -0.05) is 19.3 Å². The highest BCUT2D eigenvalue weighted by atomic mass is 32.2. The van der Waals surface area contributed by atoms with E-state index in [4.69, 9.17) is 10.5 Å². The first-order valence-electron chi connectivity index (χ1n) is 7.63. The first kappa shape index (κ1) is 15.1. The third kappa shape index (κ3) is 3.34. The van der Waals surface area contributed by atoms with Crippen molar-refractivity contribution in [2.75, 3.05) is 11.5 Å². The summed E-state index contributed by atoms with van der Waals surface area (Å²) in [5.41, 5.74) is 5.60. The van der Waals surface area contributed by atoms with Gasteiger partial charge in [0.1, 0.15) is 11.6 Å². The van der Waals surface area contributed by atoms with Crippen LogP contribution >= 0.6 is 11.8 Å². The molecule has 1 aliphatic heterocycles. The fourth-order valence-corrected chi connectivity index (χ4v) is 4.45. The summed E-state index contributed by atoms with van der Waals surface area (Å²) in [5.74, 6) is -0.565. The summed E-state index contributed by atoms with van der Waals surface area (Å²) in [6, 6.07) is 2.34. The van der Waals surface area contributed by atoms with E-state index in [1.165, 1.54) is 43.2 Å². The van der Waals surface area contributed by atoms with Gasteiger partial charge in [0.2, 0.25) is 0 Å². The van der Waals surface area contributed by atoms with Gasteiger partial charge < -0.3 is 10.5 Å². The van der Waals surface area contributed by atoms with Crippen LogP contribution in [0, 0.1) is 11.6 Å². The van der Waals surface area contributed by atoms with Crippen LogP contribution in [-0.4, -0.2) is 17.5 Å². The van der Waals surface area contributed by atoms with Crippen LogP contribution in [0.15, 0.2) is 17.0 Å². The average molecular weight is 313 g/mol. The van der Waals surface area contributed by atoms with Crippen LogP contribution in [0.4, 0.5) is 14.5 Å². The van der Waals surface area contributed by atoms with Crippen LogP contribution in [0.25, 0.3) is 0 Å². The van der Waals surface area contributed by atoms with E-state index >= 15 is 0 Å². The molecule has 1 unspecified atom stereocenters. The van der Waals surface area contributed by atoms with Crippen molar-refractivity contribution in [1.82, 2.24) is 0 Å². The topological polar surface area (TPSA) is 35.2 Å². The summed E-state index contributed by atoms with van der Waals surface area (Å²) in [7, 11) is 0. The Morgan fingerprint density at radius 1 is 1.14 bits per heavy atom. The van der Waals surface area contributed by atoms with Crippen molar-refractivity contribution in [2.24, 2.45) is 0 Å². The van der Waals surface area contributed by atoms with E-state index in [-0.39, 0.29) is 22.3 Å². The molecule has 116 valence electrons. The summed E-state index contributed by atoms with van der Waals surface area (Å²) < 4.78 is 33.7. The Hall–Kier alpha value is -0.810. The predicted molar refractivity (Wildman–Crippen MR) is 81.4 cm³/mol. The average Bonchev–Trinajstić information content (AvgIpc) is 2.81. The fraction of sp³-hybridized carbons (Fsp3) is 0.625. The van der Waals surface area contributed by atoms with E-state index < -0.39 is 11.6 Å². The largest absolute Gasteiger partial charge is 0.399 e. The Labute approximate surface area is 128 Å². The molecule has 21 heavy (non-hydrogen) atoms. The number of anilines is 1. The van der Waals surface area contributed by atoms with E-state index in [1.54, 1.807) is 0 Å². The minimum absolute atomic E-state index is 0.0531. The Morgan fingerprint density at radius 2 is 1.81 bits per heavy atom. The van der Waals surface area contributed by atoms with Gasteiger partial charge in [0.15, 0.2) is 0 Å². The van der Waals surface area contributed by atoms with Crippen LogP contribution in [0.2, 0.25) is 0 Å². The highest BCUT2D eigenvalue weighted by Crippen LogP contribution is 2.43. The Balaban J connectivity index is 1.59. The van der Waals surface area contributed by atoms with Gasteiger partial charge >= 0.3 is 0 Å². The summed E-state index contributed by atoms with van der Waals surface area (Å²) in [6.07, 6.45) is 8.23. The molecule has 1 saturated heterocycles. The van der Waals surface area contributed by atoms with Gasteiger partial charge in [-0.05, 0) is 37.8 Å². The molecule has 2 aliphatic rings. The van der Waals surface area contributed by atoms with Crippen molar-refractivity contribution in [3.63, 3.8) is 0 Å². The lowest BCUT2D eigenvalue weighted by Crippen LogP contribution is -2.32. The SMILES string of the molecule is Nc1cc(F)c(SCC2CCC3(CCCCC3)O2)c(F)c1. The fourth-order valence-electron chi connectivity index (χ4n) is 3.47. The number of benzene rings is 1. The molecule has 2 nitrogen and oxygen atoms in total. The second kappa shape index (κ2) is 6.13. The zero-order valence-corrected chi connectivity index (χ0v) is 12.9. The van der Waals surface area contributed by atoms with Gasteiger partial charge in [0, 0.05) is 11.4 Å². The molecular formula is C16H21F2NOS. The summed E-state index contributed by atoms with van der Waals surface area (Å²) in [4.78, 5) is 0.0531. The number of nitrogens with two attached hydrogens (primary N) is 1. The molecule has 0 aromatic heterocycles. The molecule has 0 radical (unpaired) electrons. The molecule has 2 N–H and O–H groups in total. The first-order chi connectivity index (χ1) is 10.1. The van der Waals surface area contributed by atoms with Crippen LogP contribution < -0.4 is 5.73 Å². The molecule has 2 fully saturated rings. The molecule has 1 aromatic carbocycles. The summed E-state index contributed by atoms with van der Waals surface area (Å²) in [6.45, 7) is 0. The van der Waals surface area contributed by atoms with E-state index in [9.17, 15) is 8.78 Å². The molecule has 3 rings (SSSR count). The normalized spacial score (nSPS) is 24.6. The maximum Gasteiger partial charge on any atom is 0.141 e. The molecule has 1 atom stereocenters. The second-order valence-corrected chi connectivity index (χ2v) is 7.18. The van der Waals surface area contributed by atoms with Gasteiger partial charge in [0.25, 0.3) is 0 Å². The summed E-state index contributed by atoms with van der Waals surface area (Å²) >= 11 is 1.20. The van der Waals surface area contributed by atoms with Gasteiger partial charge in [-0.3, -0.25) is 0 Å². The van der Waals surface area contributed by atoms with Gasteiger partial charge in [-0.2, -0.15) is 0 Å². The lowest BCUT2D eigenvalue weighted by Gasteiger charge is -2.33. The maximum atomic E-state index is 13.8. The number of ether oxygens (including phenoxy) is 1. The van der Waals surface area contributed by atoms with Gasteiger partial charge in [-0.15, -0.1) is 11.8 Å². The van der Waals surface area contributed by atoms with Crippen molar-refractivity contribution >= 4 is 17.4 Å². The number of thioether (sulfide) groups is 1. The third-order valence-corrected chi connectivity index (χ3v) is 5.75. The molecule has 1 spiro atoms. The smallest absolute Gasteiger partial charge is 0.141 e. The van der Waals surface area contributed by atoms with Crippen molar-refractivity contribution < 1.29 is 13.5 Å². The Bertz CT molecular complexity index is 494. The summed E-state index contributed by atoms with van der Waals surface area (Å²) in [5, 5.41) is 0. The van der Waals surface area contributed by atoms with Crippen LogP contribution in [0.3, 0.4) is 0 Å². The van der Waals surface area contributed by atoms with E-state index in [0.29, 0.717) is 5.75 Å². The minimum atomic E-state index is -0.581. The minimum Gasteiger partial charge on any atom is -0.399 e. The Morgan fingerprint density at radius 3 is 2.48 bits per heavy atom. The first-order valence-corrected chi connectivity index (χ1v) is 8.62. The number of nitrogen functional groups attached to an aromatic ring is 1. The molecule has 1 aromatic rings. The number of hydrogen-bond acceptors (Lipinski definition) is 3. The lowest BCUT2D eigenvalue weighted by molar-refractivity contribution is -0.0555. The quantitative estimate of drug-likeness (QED) is 0.658. The van der Waals surface area contributed by atoms with Crippen LogP contribution in [-0.2, 0) is 4.74 Å². The van der Waals surface area contributed by atoms with Gasteiger partial charge in [-0.25, -0.2) is 8.78 Å². The molecule has 1 aliphatic carbocycles. The third-order valence-electron chi connectivity index (χ3n) is 4.54. The molecule has 0 bridgehead atoms. The molecular weight excluding hydrogens is 292 g/mol. The van der Waals surface area contributed by atoms with E-state index in [2.05, 4.69) is 0 Å². The zero-order valence-electron chi connectivity index (χ0n) is 12.0. The monoisotopic (exact) mass is 313 g/mol. The van der Waals surface area contributed by atoms with Crippen LogP contribution in [0.5, 0.6) is 0 Å². The lowest BCUT2D eigenvalue weighted by atomic mass is 9.83. The maximum absolute atomic E-state index is 13.8. The standard InChI is InChI=1S/C16H21F2NOS/c17-13-8-11(19)9-14(18)15(13)21-10-12-4-7-16(20-12)5-2-1-3-6-16/h8-9,12H,1-7,10,19H2. The van der Waals surface area contributed by atoms with Crippen molar-refractivity contribution in [3.8, 4) is 0 Å². The van der Waals surface area contributed by atoms with E-state index in [0.717, 1.165) is 25.7 Å². The molecule has 1 heterocycles. The molecule has 5 heteroatoms. The van der Waals surface area contributed by atoms with Crippen molar-refractivity contribution in [1.29, 1.82) is 0 Å². The number of hydrogen-bond donors (Lipinski definition) is 1. The zero-order chi connectivity index (χ0) is 14.9.